The third-order valence-corrected chi connectivity index (χ3v) is 3.59. The molecule has 16 heavy (non-hydrogen) atoms. The summed E-state index contributed by atoms with van der Waals surface area (Å²) in [4.78, 5) is 5.58. The van der Waals surface area contributed by atoms with E-state index in [2.05, 4.69) is 46.8 Å². The third kappa shape index (κ3) is 2.48. The van der Waals surface area contributed by atoms with Crippen LogP contribution in [0.1, 0.15) is 30.6 Å². The Bertz CT molecular complexity index is 421. The normalized spacial score (nSPS) is 12.9. The van der Waals surface area contributed by atoms with E-state index in [1.54, 1.807) is 17.7 Å². The molecule has 2 heterocycles. The molecule has 4 nitrogen and oxygen atoms in total. The summed E-state index contributed by atoms with van der Waals surface area (Å²) in [6, 6.07) is 4.58. The third-order valence-electron chi connectivity index (χ3n) is 2.53. The van der Waals surface area contributed by atoms with Crippen molar-refractivity contribution in [3.63, 3.8) is 0 Å². The van der Waals surface area contributed by atoms with Crippen LogP contribution in [0, 0.1) is 0 Å². The summed E-state index contributed by atoms with van der Waals surface area (Å²) < 4.78 is 1.91. The first-order valence-electron chi connectivity index (χ1n) is 5.44. The number of thiophene rings is 1. The van der Waals surface area contributed by atoms with Crippen LogP contribution in [-0.2, 0) is 13.1 Å². The maximum atomic E-state index is 4.23. The minimum atomic E-state index is 0.363. The summed E-state index contributed by atoms with van der Waals surface area (Å²) in [6.45, 7) is 5.86. The van der Waals surface area contributed by atoms with Crippen LogP contribution in [0.15, 0.2) is 23.8 Å². The largest absolute Gasteiger partial charge is 0.302 e. The van der Waals surface area contributed by atoms with Crippen molar-refractivity contribution in [2.24, 2.45) is 0 Å². The molecule has 0 radical (unpaired) electrons. The zero-order chi connectivity index (χ0) is 11.4. The van der Waals surface area contributed by atoms with Crippen LogP contribution in [0.3, 0.4) is 0 Å². The number of aryl methyl sites for hydroxylation is 1. The van der Waals surface area contributed by atoms with E-state index in [9.17, 15) is 0 Å². The smallest absolute Gasteiger partial charge is 0.140 e. The molecule has 0 fully saturated rings. The van der Waals surface area contributed by atoms with Gasteiger partial charge in [-0.2, -0.15) is 5.10 Å². The summed E-state index contributed by atoms with van der Waals surface area (Å²) in [6.07, 6.45) is 1.61. The number of hydrogen-bond acceptors (Lipinski definition) is 4. The quantitative estimate of drug-likeness (QED) is 0.865. The fraction of sp³-hybridized carbons (Fsp3) is 0.455. The minimum Gasteiger partial charge on any atom is -0.302 e. The Hall–Kier alpha value is -1.20. The molecule has 0 bridgehead atoms. The van der Waals surface area contributed by atoms with Crippen molar-refractivity contribution < 1.29 is 0 Å². The van der Waals surface area contributed by atoms with Gasteiger partial charge in [0, 0.05) is 17.5 Å². The van der Waals surface area contributed by atoms with Crippen molar-refractivity contribution in [3.05, 3.63) is 34.5 Å². The molecule has 0 aromatic carbocycles. The SMILES string of the molecule is CCn1ncnc1CNC(C)c1cccs1. The molecule has 0 saturated carbocycles. The fourth-order valence-electron chi connectivity index (χ4n) is 1.57. The lowest BCUT2D eigenvalue weighted by molar-refractivity contribution is 0.528. The van der Waals surface area contributed by atoms with Crippen LogP contribution in [0.25, 0.3) is 0 Å². The molecule has 86 valence electrons. The van der Waals surface area contributed by atoms with Crippen LogP contribution in [0.2, 0.25) is 0 Å². The molecule has 2 rings (SSSR count). The Morgan fingerprint density at radius 2 is 2.44 bits per heavy atom. The number of hydrogen-bond donors (Lipinski definition) is 1. The second-order valence-electron chi connectivity index (χ2n) is 3.61. The van der Waals surface area contributed by atoms with Crippen LogP contribution >= 0.6 is 11.3 Å². The molecule has 2 aromatic heterocycles. The second kappa shape index (κ2) is 5.23. The van der Waals surface area contributed by atoms with E-state index in [4.69, 9.17) is 0 Å². The molecule has 0 amide bonds. The highest BCUT2D eigenvalue weighted by molar-refractivity contribution is 7.10. The highest BCUT2D eigenvalue weighted by atomic mass is 32.1. The van der Waals surface area contributed by atoms with Crippen molar-refractivity contribution in [1.82, 2.24) is 20.1 Å². The van der Waals surface area contributed by atoms with Gasteiger partial charge in [0.1, 0.15) is 12.2 Å². The molecule has 0 spiro atoms. The average Bonchev–Trinajstić information content (AvgIpc) is 2.96. The lowest BCUT2D eigenvalue weighted by Gasteiger charge is -2.11. The van der Waals surface area contributed by atoms with Crippen molar-refractivity contribution >= 4 is 11.3 Å². The van der Waals surface area contributed by atoms with Gasteiger partial charge in [-0.15, -0.1) is 11.3 Å². The lowest BCUT2D eigenvalue weighted by Crippen LogP contribution is -2.20. The van der Waals surface area contributed by atoms with Gasteiger partial charge < -0.3 is 5.32 Å². The van der Waals surface area contributed by atoms with Crippen molar-refractivity contribution in [2.45, 2.75) is 33.0 Å². The molecule has 5 heteroatoms. The minimum absolute atomic E-state index is 0.363. The number of rotatable bonds is 5. The molecule has 0 aliphatic rings. The summed E-state index contributed by atoms with van der Waals surface area (Å²) in [7, 11) is 0. The van der Waals surface area contributed by atoms with E-state index in [0.717, 1.165) is 18.9 Å². The van der Waals surface area contributed by atoms with E-state index >= 15 is 0 Å². The monoisotopic (exact) mass is 236 g/mol. The molecule has 2 aromatic rings. The average molecular weight is 236 g/mol. The van der Waals surface area contributed by atoms with Crippen LogP contribution in [-0.4, -0.2) is 14.8 Å². The van der Waals surface area contributed by atoms with E-state index < -0.39 is 0 Å². The summed E-state index contributed by atoms with van der Waals surface area (Å²) in [5.74, 6) is 0.992. The van der Waals surface area contributed by atoms with Crippen LogP contribution < -0.4 is 5.32 Å². The predicted molar refractivity (Wildman–Crippen MR) is 65.3 cm³/mol. The first kappa shape index (κ1) is 11.3. The molecule has 0 saturated heterocycles. The van der Waals surface area contributed by atoms with E-state index in [-0.39, 0.29) is 0 Å². The molecular formula is C11H16N4S. The number of nitrogens with one attached hydrogen (secondary N) is 1. The predicted octanol–water partition coefficient (Wildman–Crippen LogP) is 2.21. The zero-order valence-corrected chi connectivity index (χ0v) is 10.4. The number of nitrogens with zero attached hydrogens (tertiary/aromatic N) is 3. The summed E-state index contributed by atoms with van der Waals surface area (Å²) >= 11 is 1.77. The topological polar surface area (TPSA) is 42.7 Å². The number of aromatic nitrogens is 3. The van der Waals surface area contributed by atoms with Gasteiger partial charge in [-0.25, -0.2) is 9.67 Å². The molecule has 0 aliphatic heterocycles. The Morgan fingerprint density at radius 1 is 1.56 bits per heavy atom. The van der Waals surface area contributed by atoms with Gasteiger partial charge in [0.25, 0.3) is 0 Å². The van der Waals surface area contributed by atoms with E-state index in [1.165, 1.54) is 4.88 Å². The standard InChI is InChI=1S/C11H16N4S/c1-3-15-11(13-8-14-15)7-12-9(2)10-5-4-6-16-10/h4-6,8-9,12H,3,7H2,1-2H3. The van der Waals surface area contributed by atoms with Crippen molar-refractivity contribution in [3.8, 4) is 0 Å². The van der Waals surface area contributed by atoms with Gasteiger partial charge in [0.15, 0.2) is 0 Å². The lowest BCUT2D eigenvalue weighted by atomic mass is 10.3. The Morgan fingerprint density at radius 3 is 3.12 bits per heavy atom. The Balaban J connectivity index is 1.92. The fourth-order valence-corrected chi connectivity index (χ4v) is 2.33. The maximum Gasteiger partial charge on any atom is 0.140 e. The molecular weight excluding hydrogens is 220 g/mol. The van der Waals surface area contributed by atoms with Gasteiger partial charge in [-0.05, 0) is 25.3 Å². The van der Waals surface area contributed by atoms with Gasteiger partial charge in [0.2, 0.25) is 0 Å². The van der Waals surface area contributed by atoms with E-state index in [1.807, 2.05) is 4.68 Å². The van der Waals surface area contributed by atoms with Crippen LogP contribution in [0.4, 0.5) is 0 Å². The molecule has 0 aliphatic carbocycles. The highest BCUT2D eigenvalue weighted by Crippen LogP contribution is 2.18. The van der Waals surface area contributed by atoms with Crippen molar-refractivity contribution in [2.75, 3.05) is 0 Å². The van der Waals surface area contributed by atoms with Gasteiger partial charge >= 0.3 is 0 Å². The van der Waals surface area contributed by atoms with Gasteiger partial charge in [-0.1, -0.05) is 6.07 Å². The second-order valence-corrected chi connectivity index (χ2v) is 4.59. The summed E-state index contributed by atoms with van der Waals surface area (Å²) in [5, 5.41) is 9.69. The Kier molecular flexibility index (Phi) is 3.69. The van der Waals surface area contributed by atoms with Gasteiger partial charge in [-0.3, -0.25) is 0 Å². The van der Waals surface area contributed by atoms with Crippen LogP contribution in [0.5, 0.6) is 0 Å². The first-order valence-corrected chi connectivity index (χ1v) is 6.32. The first-order chi connectivity index (χ1) is 7.81. The van der Waals surface area contributed by atoms with E-state index in [0.29, 0.717) is 6.04 Å². The Labute approximate surface area is 99.3 Å². The highest BCUT2D eigenvalue weighted by Gasteiger charge is 2.08. The van der Waals surface area contributed by atoms with Crippen molar-refractivity contribution in [1.29, 1.82) is 0 Å². The zero-order valence-electron chi connectivity index (χ0n) is 9.55. The molecule has 1 unspecified atom stereocenters. The van der Waals surface area contributed by atoms with Gasteiger partial charge in [0.05, 0.1) is 6.54 Å². The molecule has 1 N–H and O–H groups in total. The summed E-state index contributed by atoms with van der Waals surface area (Å²) in [5.41, 5.74) is 0. The maximum absolute atomic E-state index is 4.23. The molecule has 1 atom stereocenters.